The maximum absolute atomic E-state index is 12.2. The van der Waals surface area contributed by atoms with Crippen molar-refractivity contribution in [3.05, 3.63) is 46.6 Å². The molecule has 2 aromatic rings. The van der Waals surface area contributed by atoms with E-state index in [1.807, 2.05) is 6.92 Å². The van der Waals surface area contributed by atoms with Crippen LogP contribution in [0, 0.1) is 0 Å². The first-order valence-electron chi connectivity index (χ1n) is 5.95. The number of nitrogens with two attached hydrogens (primary N) is 1. The van der Waals surface area contributed by atoms with Gasteiger partial charge in [0.05, 0.1) is 4.90 Å². The molecule has 0 amide bonds. The zero-order chi connectivity index (χ0) is 14.8. The second-order valence-electron chi connectivity index (χ2n) is 4.18. The van der Waals surface area contributed by atoms with E-state index in [1.165, 1.54) is 18.3 Å². The van der Waals surface area contributed by atoms with Crippen LogP contribution in [0.1, 0.15) is 12.5 Å². The number of aromatic nitrogens is 1. The Morgan fingerprint density at radius 3 is 2.60 bits per heavy atom. The second kappa shape index (κ2) is 5.80. The van der Waals surface area contributed by atoms with E-state index in [9.17, 15) is 8.42 Å². The lowest BCUT2D eigenvalue weighted by atomic mass is 10.1. The predicted molar refractivity (Wildman–Crippen MR) is 83.0 cm³/mol. The number of pyridine rings is 1. The Balaban J connectivity index is 2.30. The third-order valence-corrected chi connectivity index (χ3v) is 4.60. The Kier molecular flexibility index (Phi) is 4.29. The van der Waals surface area contributed by atoms with Gasteiger partial charge >= 0.3 is 0 Å². The number of sulfonamides is 1. The van der Waals surface area contributed by atoms with Crippen LogP contribution in [0.3, 0.4) is 0 Å². The van der Waals surface area contributed by atoms with Gasteiger partial charge < -0.3 is 5.73 Å². The van der Waals surface area contributed by atoms with Crippen molar-refractivity contribution in [1.82, 2.24) is 4.98 Å². The number of nitrogens with one attached hydrogen (secondary N) is 1. The largest absolute Gasteiger partial charge is 0.398 e. The molecule has 1 aromatic heterocycles. The molecule has 20 heavy (non-hydrogen) atoms. The third-order valence-electron chi connectivity index (χ3n) is 2.77. The lowest BCUT2D eigenvalue weighted by molar-refractivity contribution is 0.601. The maximum Gasteiger partial charge on any atom is 0.263 e. The lowest BCUT2D eigenvalue weighted by Crippen LogP contribution is -2.14. The molecule has 0 aliphatic heterocycles. The average Bonchev–Trinajstić information content (AvgIpc) is 2.41. The summed E-state index contributed by atoms with van der Waals surface area (Å²) in [4.78, 5) is 4.10. The van der Waals surface area contributed by atoms with Gasteiger partial charge in [-0.15, -0.1) is 0 Å². The molecule has 1 aromatic carbocycles. The average molecular weight is 356 g/mol. The highest BCUT2D eigenvalue weighted by molar-refractivity contribution is 9.10. The van der Waals surface area contributed by atoms with Crippen molar-refractivity contribution in [1.29, 1.82) is 0 Å². The topological polar surface area (TPSA) is 85.1 Å². The van der Waals surface area contributed by atoms with Crippen molar-refractivity contribution in [2.45, 2.75) is 18.2 Å². The van der Waals surface area contributed by atoms with E-state index in [4.69, 9.17) is 5.73 Å². The molecule has 1 heterocycles. The van der Waals surface area contributed by atoms with Gasteiger partial charge in [-0.25, -0.2) is 13.4 Å². The summed E-state index contributed by atoms with van der Waals surface area (Å²) in [7, 11) is -3.68. The van der Waals surface area contributed by atoms with Crippen LogP contribution >= 0.6 is 15.9 Å². The van der Waals surface area contributed by atoms with E-state index < -0.39 is 10.0 Å². The Morgan fingerprint density at radius 2 is 2.05 bits per heavy atom. The number of nitrogens with zero attached hydrogens (tertiary/aromatic N) is 1. The fourth-order valence-electron chi connectivity index (χ4n) is 1.69. The lowest BCUT2D eigenvalue weighted by Gasteiger charge is -2.09. The monoisotopic (exact) mass is 355 g/mol. The van der Waals surface area contributed by atoms with Crippen molar-refractivity contribution < 1.29 is 8.42 Å². The Morgan fingerprint density at radius 1 is 1.30 bits per heavy atom. The van der Waals surface area contributed by atoms with Gasteiger partial charge in [0.25, 0.3) is 10.0 Å². The van der Waals surface area contributed by atoms with Crippen LogP contribution in [0.25, 0.3) is 0 Å². The van der Waals surface area contributed by atoms with Crippen LogP contribution in [-0.4, -0.2) is 13.4 Å². The number of anilines is 2. The standard InChI is InChI=1S/C13H14BrN3O2S/c1-2-9-3-5-11(7-12(9)15)20(18,19)17-13-6-4-10(14)8-16-13/h3-8H,2,15H2,1H3,(H,16,17). The number of benzene rings is 1. The number of rotatable bonds is 4. The fraction of sp³-hybridized carbons (Fsp3) is 0.154. The molecule has 7 heteroatoms. The summed E-state index contributed by atoms with van der Waals surface area (Å²) in [6.45, 7) is 1.96. The van der Waals surface area contributed by atoms with Crippen LogP contribution in [0.2, 0.25) is 0 Å². The van der Waals surface area contributed by atoms with E-state index in [0.29, 0.717) is 5.69 Å². The number of aryl methyl sites for hydroxylation is 1. The predicted octanol–water partition coefficient (Wildman–Crippen LogP) is 2.79. The van der Waals surface area contributed by atoms with E-state index in [2.05, 4.69) is 25.6 Å². The first-order chi connectivity index (χ1) is 9.42. The number of hydrogen-bond donors (Lipinski definition) is 2. The molecule has 0 bridgehead atoms. The van der Waals surface area contributed by atoms with E-state index in [1.54, 1.807) is 18.2 Å². The van der Waals surface area contributed by atoms with Crippen molar-refractivity contribution >= 4 is 37.5 Å². The van der Waals surface area contributed by atoms with E-state index >= 15 is 0 Å². The Labute approximate surface area is 126 Å². The quantitative estimate of drug-likeness (QED) is 0.825. The molecule has 0 aliphatic rings. The minimum Gasteiger partial charge on any atom is -0.398 e. The summed E-state index contributed by atoms with van der Waals surface area (Å²) in [5.74, 6) is 0.256. The minimum absolute atomic E-state index is 0.122. The third kappa shape index (κ3) is 3.29. The first-order valence-corrected chi connectivity index (χ1v) is 8.23. The number of hydrogen-bond acceptors (Lipinski definition) is 4. The van der Waals surface area contributed by atoms with Crippen LogP contribution in [0.5, 0.6) is 0 Å². The molecule has 5 nitrogen and oxygen atoms in total. The first kappa shape index (κ1) is 14.8. The van der Waals surface area contributed by atoms with Gasteiger partial charge in [-0.2, -0.15) is 0 Å². The van der Waals surface area contributed by atoms with Gasteiger partial charge in [0.15, 0.2) is 0 Å². The zero-order valence-corrected chi connectivity index (χ0v) is 13.2. The highest BCUT2D eigenvalue weighted by Gasteiger charge is 2.15. The van der Waals surface area contributed by atoms with Crippen LogP contribution in [0.15, 0.2) is 45.9 Å². The van der Waals surface area contributed by atoms with Crippen molar-refractivity contribution in [3.8, 4) is 0 Å². The molecule has 0 fully saturated rings. The SMILES string of the molecule is CCc1ccc(S(=O)(=O)Nc2ccc(Br)cn2)cc1N. The number of nitrogen functional groups attached to an aromatic ring is 1. The van der Waals surface area contributed by atoms with Crippen LogP contribution in [0.4, 0.5) is 11.5 Å². The van der Waals surface area contributed by atoms with Crippen molar-refractivity contribution in [2.75, 3.05) is 10.5 Å². The van der Waals surface area contributed by atoms with E-state index in [0.717, 1.165) is 16.5 Å². The normalized spacial score (nSPS) is 11.3. The summed E-state index contributed by atoms with van der Waals surface area (Å²) in [5.41, 5.74) is 7.22. The van der Waals surface area contributed by atoms with Crippen LogP contribution < -0.4 is 10.5 Å². The van der Waals surface area contributed by atoms with Gasteiger partial charge in [-0.05, 0) is 52.2 Å². The molecule has 2 rings (SSSR count). The van der Waals surface area contributed by atoms with Crippen molar-refractivity contribution in [2.24, 2.45) is 0 Å². The van der Waals surface area contributed by atoms with Crippen LogP contribution in [-0.2, 0) is 16.4 Å². The summed E-state index contributed by atoms with van der Waals surface area (Å²) < 4.78 is 27.6. The summed E-state index contributed by atoms with van der Waals surface area (Å²) in [6.07, 6.45) is 2.28. The van der Waals surface area contributed by atoms with Gasteiger partial charge in [-0.1, -0.05) is 13.0 Å². The highest BCUT2D eigenvalue weighted by atomic mass is 79.9. The molecule has 0 unspecified atom stereocenters. The molecule has 0 atom stereocenters. The molecule has 3 N–H and O–H groups in total. The Bertz CT molecular complexity index is 715. The maximum atomic E-state index is 12.2. The molecule has 0 spiro atoms. The highest BCUT2D eigenvalue weighted by Crippen LogP contribution is 2.21. The summed E-state index contributed by atoms with van der Waals surface area (Å²) >= 11 is 3.24. The Hall–Kier alpha value is -1.60. The molecular weight excluding hydrogens is 342 g/mol. The fourth-order valence-corrected chi connectivity index (χ4v) is 2.97. The number of halogens is 1. The summed E-state index contributed by atoms with van der Waals surface area (Å²) in [5, 5.41) is 0. The zero-order valence-electron chi connectivity index (χ0n) is 10.8. The van der Waals surface area contributed by atoms with Gasteiger partial charge in [0.1, 0.15) is 5.82 Å². The van der Waals surface area contributed by atoms with Gasteiger partial charge in [0, 0.05) is 16.4 Å². The second-order valence-corrected chi connectivity index (χ2v) is 6.78. The molecule has 0 saturated heterocycles. The molecule has 0 aliphatic carbocycles. The molecule has 106 valence electrons. The van der Waals surface area contributed by atoms with E-state index in [-0.39, 0.29) is 10.7 Å². The molecule has 0 radical (unpaired) electrons. The van der Waals surface area contributed by atoms with Crippen molar-refractivity contribution in [3.63, 3.8) is 0 Å². The molecule has 0 saturated carbocycles. The summed E-state index contributed by atoms with van der Waals surface area (Å²) in [6, 6.07) is 8.00. The minimum atomic E-state index is -3.68. The van der Waals surface area contributed by atoms with Gasteiger partial charge in [-0.3, -0.25) is 4.72 Å². The van der Waals surface area contributed by atoms with Gasteiger partial charge in [0.2, 0.25) is 0 Å². The molecular formula is C13H14BrN3O2S. The smallest absolute Gasteiger partial charge is 0.263 e.